The van der Waals surface area contributed by atoms with E-state index in [9.17, 15) is 4.79 Å². The standard InChI is InChI=1S/C45H74O2/c1-7-8-9-10-11-12-13-14-15-16-17-18-19-20-21-25-43(46)47-38-30-32-44(5)37(34-38)26-27-39-41-29-28-40(36(4)24-22-23-35(2)3)45(41,6)33-31-42(39)44/h8-9,11-12,14-15,26,35-36,38-42H,7,10,13,16-25,27-34H2,1-6H3/b9-8-,12-11-,15-14-/t36-,38-,39+,40-,41-,42+,44+,45-/m1/s1. The van der Waals surface area contributed by atoms with Gasteiger partial charge in [0, 0.05) is 12.8 Å². The molecule has 47 heavy (non-hydrogen) atoms. The minimum absolute atomic E-state index is 0.0435. The van der Waals surface area contributed by atoms with Gasteiger partial charge in [-0.3, -0.25) is 4.79 Å². The minimum Gasteiger partial charge on any atom is -0.462 e. The number of carbonyl (C=O) groups excluding carboxylic acids is 1. The molecular weight excluding hydrogens is 572 g/mol. The lowest BCUT2D eigenvalue weighted by molar-refractivity contribution is -0.151. The van der Waals surface area contributed by atoms with Crippen LogP contribution in [0.3, 0.4) is 0 Å². The van der Waals surface area contributed by atoms with E-state index in [1.165, 1.54) is 83.5 Å². The zero-order valence-corrected chi connectivity index (χ0v) is 31.7. The van der Waals surface area contributed by atoms with Crippen molar-refractivity contribution in [3.8, 4) is 0 Å². The van der Waals surface area contributed by atoms with Crippen molar-refractivity contribution in [1.82, 2.24) is 0 Å². The van der Waals surface area contributed by atoms with Crippen LogP contribution in [0.4, 0.5) is 0 Å². The molecule has 4 aliphatic carbocycles. The zero-order valence-electron chi connectivity index (χ0n) is 31.7. The van der Waals surface area contributed by atoms with Crippen LogP contribution >= 0.6 is 0 Å². The SMILES string of the molecule is CC/C=C\C/C=C\C/C=C\CCCCCCCC(=O)O[C@@H]1CC[C@@]2(C)C(=CC[C@H]3[C@H]4CC[C@H]([C@H](C)CCCC(C)C)[C@@]4(C)CC[C@@H]32)C1. The van der Waals surface area contributed by atoms with Crippen molar-refractivity contribution in [2.75, 3.05) is 0 Å². The fraction of sp³-hybridized carbons (Fsp3) is 0.800. The molecule has 0 heterocycles. The molecule has 266 valence electrons. The molecule has 0 radical (unpaired) electrons. The summed E-state index contributed by atoms with van der Waals surface area (Å²) in [6, 6.07) is 0. The Kier molecular flexibility index (Phi) is 15.4. The fourth-order valence-electron chi connectivity index (χ4n) is 10.9. The lowest BCUT2D eigenvalue weighted by Crippen LogP contribution is -2.51. The second kappa shape index (κ2) is 19.0. The van der Waals surface area contributed by atoms with Crippen LogP contribution in [0.1, 0.15) is 176 Å². The van der Waals surface area contributed by atoms with Gasteiger partial charge in [-0.2, -0.15) is 0 Å². The number of unbranched alkanes of at least 4 members (excludes halogenated alkanes) is 5. The van der Waals surface area contributed by atoms with E-state index in [0.717, 1.165) is 80.5 Å². The Bertz CT molecular complexity index is 1060. The number of hydrogen-bond donors (Lipinski definition) is 0. The molecule has 0 spiro atoms. The second-order valence-corrected chi connectivity index (χ2v) is 17.2. The quantitative estimate of drug-likeness (QED) is 0.0793. The maximum absolute atomic E-state index is 12.8. The maximum Gasteiger partial charge on any atom is 0.306 e. The van der Waals surface area contributed by atoms with Gasteiger partial charge in [-0.1, -0.05) is 128 Å². The number of esters is 1. The highest BCUT2D eigenvalue weighted by Gasteiger charge is 2.59. The third-order valence-corrected chi connectivity index (χ3v) is 13.6. The molecule has 4 aliphatic rings. The molecule has 3 saturated carbocycles. The lowest BCUT2D eigenvalue weighted by Gasteiger charge is -2.58. The number of rotatable bonds is 19. The van der Waals surface area contributed by atoms with Crippen molar-refractivity contribution in [1.29, 1.82) is 0 Å². The summed E-state index contributed by atoms with van der Waals surface area (Å²) in [6.45, 7) is 14.8. The summed E-state index contributed by atoms with van der Waals surface area (Å²) in [7, 11) is 0. The smallest absolute Gasteiger partial charge is 0.306 e. The summed E-state index contributed by atoms with van der Waals surface area (Å²) < 4.78 is 6.12. The molecule has 0 saturated heterocycles. The molecular formula is C45H74O2. The van der Waals surface area contributed by atoms with Gasteiger partial charge in [0.05, 0.1) is 0 Å². The molecule has 0 aromatic carbocycles. The van der Waals surface area contributed by atoms with Crippen LogP contribution < -0.4 is 0 Å². The fourth-order valence-corrected chi connectivity index (χ4v) is 10.9. The average Bonchev–Trinajstić information content (AvgIpc) is 3.40. The van der Waals surface area contributed by atoms with E-state index in [2.05, 4.69) is 84.1 Å². The molecule has 0 unspecified atom stereocenters. The summed E-state index contributed by atoms with van der Waals surface area (Å²) in [4.78, 5) is 12.8. The second-order valence-electron chi connectivity index (χ2n) is 17.2. The first kappa shape index (κ1) is 38.2. The molecule has 3 fully saturated rings. The molecule has 0 aliphatic heterocycles. The van der Waals surface area contributed by atoms with Crippen molar-refractivity contribution in [3.05, 3.63) is 48.1 Å². The summed E-state index contributed by atoms with van der Waals surface area (Å²) in [5, 5.41) is 0. The Labute approximate surface area is 291 Å². The summed E-state index contributed by atoms with van der Waals surface area (Å²) in [5.74, 6) is 5.28. The summed E-state index contributed by atoms with van der Waals surface area (Å²) in [6.07, 6.45) is 41.7. The van der Waals surface area contributed by atoms with Gasteiger partial charge in [0.1, 0.15) is 6.10 Å². The van der Waals surface area contributed by atoms with E-state index < -0.39 is 0 Å². The van der Waals surface area contributed by atoms with Crippen LogP contribution in [0.2, 0.25) is 0 Å². The van der Waals surface area contributed by atoms with E-state index in [1.807, 2.05) is 0 Å². The first-order chi connectivity index (χ1) is 22.7. The van der Waals surface area contributed by atoms with E-state index in [1.54, 1.807) is 5.57 Å². The van der Waals surface area contributed by atoms with Crippen molar-refractivity contribution in [2.24, 2.45) is 46.3 Å². The van der Waals surface area contributed by atoms with Gasteiger partial charge in [-0.25, -0.2) is 0 Å². The average molecular weight is 647 g/mol. The highest BCUT2D eigenvalue weighted by atomic mass is 16.5. The van der Waals surface area contributed by atoms with Crippen LogP contribution in [-0.2, 0) is 9.53 Å². The number of hydrogen-bond acceptors (Lipinski definition) is 2. The molecule has 0 bridgehead atoms. The van der Waals surface area contributed by atoms with E-state index in [-0.39, 0.29) is 12.1 Å². The van der Waals surface area contributed by atoms with Crippen LogP contribution in [0, 0.1) is 46.3 Å². The van der Waals surface area contributed by atoms with Crippen molar-refractivity contribution >= 4 is 5.97 Å². The maximum atomic E-state index is 12.8. The molecule has 0 aromatic heterocycles. The number of fused-ring (bicyclic) bond motifs is 5. The van der Waals surface area contributed by atoms with Crippen LogP contribution in [0.25, 0.3) is 0 Å². The Morgan fingerprint density at radius 3 is 2.32 bits per heavy atom. The Morgan fingerprint density at radius 2 is 1.55 bits per heavy atom. The molecule has 2 heteroatoms. The number of ether oxygens (including phenoxy) is 1. The normalized spacial score (nSPS) is 32.9. The first-order valence-corrected chi connectivity index (χ1v) is 20.5. The van der Waals surface area contributed by atoms with Gasteiger partial charge in [-0.15, -0.1) is 0 Å². The Morgan fingerprint density at radius 1 is 0.830 bits per heavy atom. The van der Waals surface area contributed by atoms with Gasteiger partial charge in [-0.05, 0) is 130 Å². The Balaban J connectivity index is 1.13. The predicted molar refractivity (Wildman–Crippen MR) is 202 cm³/mol. The molecule has 2 nitrogen and oxygen atoms in total. The van der Waals surface area contributed by atoms with Gasteiger partial charge in [0.2, 0.25) is 0 Å². The topological polar surface area (TPSA) is 26.3 Å². The number of carbonyl (C=O) groups is 1. The molecule has 0 aromatic rings. The minimum atomic E-state index is 0.0435. The van der Waals surface area contributed by atoms with Gasteiger partial charge < -0.3 is 4.74 Å². The summed E-state index contributed by atoms with van der Waals surface area (Å²) >= 11 is 0. The van der Waals surface area contributed by atoms with Gasteiger partial charge >= 0.3 is 5.97 Å². The van der Waals surface area contributed by atoms with E-state index in [4.69, 9.17) is 4.74 Å². The molecule has 8 atom stereocenters. The highest BCUT2D eigenvalue weighted by molar-refractivity contribution is 5.69. The Hall–Kier alpha value is -1.57. The molecule has 4 rings (SSSR count). The zero-order chi connectivity index (χ0) is 33.7. The third-order valence-electron chi connectivity index (χ3n) is 13.6. The first-order valence-electron chi connectivity index (χ1n) is 20.5. The summed E-state index contributed by atoms with van der Waals surface area (Å²) in [5.41, 5.74) is 2.51. The van der Waals surface area contributed by atoms with Crippen LogP contribution in [0.5, 0.6) is 0 Å². The number of allylic oxidation sites excluding steroid dienone is 7. The van der Waals surface area contributed by atoms with Crippen LogP contribution in [0.15, 0.2) is 48.1 Å². The molecule has 0 N–H and O–H groups in total. The van der Waals surface area contributed by atoms with E-state index in [0.29, 0.717) is 17.3 Å². The molecule has 0 amide bonds. The van der Waals surface area contributed by atoms with Crippen molar-refractivity contribution in [3.63, 3.8) is 0 Å². The van der Waals surface area contributed by atoms with E-state index >= 15 is 0 Å². The third kappa shape index (κ3) is 10.5. The largest absolute Gasteiger partial charge is 0.462 e. The van der Waals surface area contributed by atoms with Crippen molar-refractivity contribution < 1.29 is 9.53 Å². The van der Waals surface area contributed by atoms with Gasteiger partial charge in [0.15, 0.2) is 0 Å². The lowest BCUT2D eigenvalue weighted by atomic mass is 9.47. The predicted octanol–water partition coefficient (Wildman–Crippen LogP) is 13.5. The van der Waals surface area contributed by atoms with Gasteiger partial charge in [0.25, 0.3) is 0 Å². The highest BCUT2D eigenvalue weighted by Crippen LogP contribution is 2.67. The van der Waals surface area contributed by atoms with Crippen molar-refractivity contribution in [2.45, 2.75) is 182 Å². The van der Waals surface area contributed by atoms with Crippen LogP contribution in [-0.4, -0.2) is 12.1 Å². The monoisotopic (exact) mass is 647 g/mol.